The van der Waals surface area contributed by atoms with Crippen LogP contribution in [0.5, 0.6) is 0 Å². The number of hydrogen-bond donors (Lipinski definition) is 1. The van der Waals surface area contributed by atoms with Gasteiger partial charge in [-0.25, -0.2) is 0 Å². The predicted molar refractivity (Wildman–Crippen MR) is 75.1 cm³/mol. The molecule has 2 rings (SSSR count). The van der Waals surface area contributed by atoms with Crippen LogP contribution >= 0.6 is 22.9 Å². The number of carbonyl (C=O) groups is 1. The molecule has 0 bridgehead atoms. The first kappa shape index (κ1) is 13.5. The summed E-state index contributed by atoms with van der Waals surface area (Å²) in [5.41, 5.74) is 0.106. The van der Waals surface area contributed by atoms with Gasteiger partial charge in [-0.3, -0.25) is 14.9 Å². The summed E-state index contributed by atoms with van der Waals surface area (Å²) in [4.78, 5) is 23.6. The smallest absolute Gasteiger partial charge is 0.289 e. The lowest BCUT2D eigenvalue weighted by Crippen LogP contribution is -2.10. The molecule has 5 nitrogen and oxygen atoms in total. The van der Waals surface area contributed by atoms with E-state index in [-0.39, 0.29) is 16.6 Å². The number of amides is 1. The quantitative estimate of drug-likeness (QED) is 0.690. The van der Waals surface area contributed by atoms with Gasteiger partial charge in [-0.1, -0.05) is 11.6 Å². The van der Waals surface area contributed by atoms with E-state index in [0.717, 1.165) is 4.88 Å². The lowest BCUT2D eigenvalue weighted by Gasteiger charge is -2.04. The minimum Gasteiger partial charge on any atom is -0.321 e. The molecule has 0 fully saturated rings. The van der Waals surface area contributed by atoms with Crippen molar-refractivity contribution in [2.45, 2.75) is 6.92 Å². The van der Waals surface area contributed by atoms with Crippen molar-refractivity contribution in [3.63, 3.8) is 0 Å². The van der Waals surface area contributed by atoms with Crippen LogP contribution in [0.2, 0.25) is 5.02 Å². The molecule has 1 N–H and O–H groups in total. The number of rotatable bonds is 3. The van der Waals surface area contributed by atoms with Crippen molar-refractivity contribution in [2.24, 2.45) is 0 Å². The summed E-state index contributed by atoms with van der Waals surface area (Å²) in [6.07, 6.45) is 0. The highest BCUT2D eigenvalue weighted by molar-refractivity contribution is 7.14. The zero-order valence-electron chi connectivity index (χ0n) is 9.84. The summed E-state index contributed by atoms with van der Waals surface area (Å²) in [6.45, 7) is 1.90. The third kappa shape index (κ3) is 3.10. The fraction of sp³-hybridized carbons (Fsp3) is 0.0833. The van der Waals surface area contributed by atoms with Crippen LogP contribution < -0.4 is 5.32 Å². The van der Waals surface area contributed by atoms with Gasteiger partial charge in [0.15, 0.2) is 0 Å². The van der Waals surface area contributed by atoms with Crippen LogP contribution in [0.1, 0.15) is 14.5 Å². The van der Waals surface area contributed by atoms with Crippen molar-refractivity contribution < 1.29 is 9.72 Å². The average molecular weight is 297 g/mol. The number of hydrogen-bond acceptors (Lipinski definition) is 4. The van der Waals surface area contributed by atoms with E-state index < -0.39 is 4.92 Å². The van der Waals surface area contributed by atoms with Crippen LogP contribution in [0.3, 0.4) is 0 Å². The largest absolute Gasteiger partial charge is 0.321 e. The average Bonchev–Trinajstić information content (AvgIpc) is 2.78. The molecule has 98 valence electrons. The summed E-state index contributed by atoms with van der Waals surface area (Å²) >= 11 is 7.05. The number of thiophene rings is 1. The fourth-order valence-corrected chi connectivity index (χ4v) is 2.43. The third-order valence-corrected chi connectivity index (χ3v) is 3.68. The van der Waals surface area contributed by atoms with Gasteiger partial charge in [0.05, 0.1) is 9.80 Å². The molecule has 0 radical (unpaired) electrons. The van der Waals surface area contributed by atoms with Crippen molar-refractivity contribution >= 4 is 40.2 Å². The van der Waals surface area contributed by atoms with Crippen LogP contribution in [0, 0.1) is 17.0 Å². The zero-order valence-corrected chi connectivity index (χ0v) is 11.4. The van der Waals surface area contributed by atoms with Gasteiger partial charge in [0.1, 0.15) is 5.02 Å². The molecule has 2 aromatic rings. The molecule has 0 aliphatic rings. The topological polar surface area (TPSA) is 72.2 Å². The van der Waals surface area contributed by atoms with Crippen LogP contribution in [0.4, 0.5) is 11.4 Å². The molecule has 1 aromatic carbocycles. The SMILES string of the molecule is Cc1ccc(C(=O)Nc2ccc(Cl)c([N+](=O)[O-])c2)s1. The predicted octanol–water partition coefficient (Wildman–Crippen LogP) is 3.87. The van der Waals surface area contributed by atoms with Gasteiger partial charge in [-0.2, -0.15) is 0 Å². The Kier molecular flexibility index (Phi) is 3.82. The normalized spacial score (nSPS) is 10.2. The van der Waals surface area contributed by atoms with Crippen LogP contribution in [0.25, 0.3) is 0 Å². The Labute approximate surface area is 118 Å². The second-order valence-electron chi connectivity index (χ2n) is 3.79. The van der Waals surface area contributed by atoms with Crippen molar-refractivity contribution in [2.75, 3.05) is 5.32 Å². The molecule has 0 aliphatic carbocycles. The van der Waals surface area contributed by atoms with Gasteiger partial charge < -0.3 is 5.32 Å². The van der Waals surface area contributed by atoms with Crippen LogP contribution in [-0.4, -0.2) is 10.8 Å². The summed E-state index contributed by atoms with van der Waals surface area (Å²) in [6, 6.07) is 7.69. The third-order valence-electron chi connectivity index (χ3n) is 2.36. The van der Waals surface area contributed by atoms with E-state index in [1.54, 1.807) is 6.07 Å². The molecule has 1 heterocycles. The maximum Gasteiger partial charge on any atom is 0.289 e. The van der Waals surface area contributed by atoms with Gasteiger partial charge >= 0.3 is 0 Å². The minimum atomic E-state index is -0.590. The van der Waals surface area contributed by atoms with Crippen LogP contribution in [-0.2, 0) is 0 Å². The number of nitrogens with one attached hydrogen (secondary N) is 1. The van der Waals surface area contributed by atoms with Gasteiger partial charge in [-0.05, 0) is 31.2 Å². The molecule has 0 unspecified atom stereocenters. The van der Waals surface area contributed by atoms with E-state index in [1.165, 1.54) is 29.5 Å². The molecular formula is C12H9ClN2O3S. The molecule has 0 saturated carbocycles. The molecule has 0 aliphatic heterocycles. The van der Waals surface area contributed by atoms with Crippen molar-refractivity contribution in [1.29, 1.82) is 0 Å². The first-order valence-electron chi connectivity index (χ1n) is 5.29. The van der Waals surface area contributed by atoms with Gasteiger partial charge in [0, 0.05) is 16.6 Å². The number of anilines is 1. The molecule has 7 heteroatoms. The van der Waals surface area contributed by atoms with Crippen LogP contribution in [0.15, 0.2) is 30.3 Å². The number of nitro benzene ring substituents is 1. The van der Waals surface area contributed by atoms with E-state index >= 15 is 0 Å². The Balaban J connectivity index is 2.22. The summed E-state index contributed by atoms with van der Waals surface area (Å²) in [5, 5.41) is 13.4. The van der Waals surface area contributed by atoms with Crippen molar-refractivity contribution in [3.05, 3.63) is 55.2 Å². The van der Waals surface area contributed by atoms with Gasteiger partial charge in [0.2, 0.25) is 0 Å². The van der Waals surface area contributed by atoms with Crippen molar-refractivity contribution in [3.8, 4) is 0 Å². The summed E-state index contributed by atoms with van der Waals surface area (Å²) < 4.78 is 0. The number of nitro groups is 1. The molecule has 1 aromatic heterocycles. The number of halogens is 1. The second-order valence-corrected chi connectivity index (χ2v) is 5.48. The van der Waals surface area contributed by atoms with E-state index in [9.17, 15) is 14.9 Å². The zero-order chi connectivity index (χ0) is 14.0. The Bertz CT molecular complexity index is 654. The highest BCUT2D eigenvalue weighted by Crippen LogP contribution is 2.28. The monoisotopic (exact) mass is 296 g/mol. The number of nitrogens with zero attached hydrogens (tertiary/aromatic N) is 1. The molecule has 0 spiro atoms. The Morgan fingerprint density at radius 1 is 1.37 bits per heavy atom. The van der Waals surface area contributed by atoms with E-state index in [4.69, 9.17) is 11.6 Å². The first-order chi connectivity index (χ1) is 8.97. The lowest BCUT2D eigenvalue weighted by molar-refractivity contribution is -0.384. The number of aryl methyl sites for hydroxylation is 1. The maximum absolute atomic E-state index is 11.9. The van der Waals surface area contributed by atoms with Crippen molar-refractivity contribution in [1.82, 2.24) is 0 Å². The van der Waals surface area contributed by atoms with Gasteiger partial charge in [-0.15, -0.1) is 11.3 Å². The Hall–Kier alpha value is -1.92. The van der Waals surface area contributed by atoms with E-state index in [2.05, 4.69) is 5.32 Å². The second kappa shape index (κ2) is 5.38. The highest BCUT2D eigenvalue weighted by atomic mass is 35.5. The summed E-state index contributed by atoms with van der Waals surface area (Å²) in [7, 11) is 0. The molecule has 0 atom stereocenters. The van der Waals surface area contributed by atoms with E-state index in [1.807, 2.05) is 13.0 Å². The lowest BCUT2D eigenvalue weighted by atomic mass is 10.2. The molecular weight excluding hydrogens is 288 g/mol. The molecule has 1 amide bonds. The maximum atomic E-state index is 11.9. The number of carbonyl (C=O) groups excluding carboxylic acids is 1. The highest BCUT2D eigenvalue weighted by Gasteiger charge is 2.15. The molecule has 0 saturated heterocycles. The molecule has 19 heavy (non-hydrogen) atoms. The minimum absolute atomic E-state index is 0.0370. The Morgan fingerprint density at radius 3 is 2.68 bits per heavy atom. The summed E-state index contributed by atoms with van der Waals surface area (Å²) in [5.74, 6) is -0.297. The standard InChI is InChI=1S/C12H9ClN2O3S/c1-7-2-5-11(19-7)12(16)14-8-3-4-9(13)10(6-8)15(17)18/h2-6H,1H3,(H,14,16). The Morgan fingerprint density at radius 2 is 2.11 bits per heavy atom. The number of benzene rings is 1. The fourth-order valence-electron chi connectivity index (χ4n) is 1.48. The first-order valence-corrected chi connectivity index (χ1v) is 6.48. The van der Waals surface area contributed by atoms with E-state index in [0.29, 0.717) is 10.6 Å². The van der Waals surface area contributed by atoms with Gasteiger partial charge in [0.25, 0.3) is 11.6 Å².